The molecule has 2 heterocycles. The van der Waals surface area contributed by atoms with Crippen LogP contribution in [0.4, 0.5) is 0 Å². The molecule has 50 valence electrons. The SMILES string of the molecule is NN1CCC2(BCC2)C1. The van der Waals surface area contributed by atoms with Crippen LogP contribution in [0.1, 0.15) is 12.8 Å². The quantitative estimate of drug-likeness (QED) is 0.363. The van der Waals surface area contributed by atoms with Crippen LogP contribution >= 0.6 is 0 Å². The maximum Gasteiger partial charge on any atom is 0.129 e. The molecule has 0 aliphatic carbocycles. The second-order valence-electron chi connectivity index (χ2n) is 3.57. The van der Waals surface area contributed by atoms with Crippen molar-refractivity contribution in [2.45, 2.75) is 24.5 Å². The molecule has 2 saturated heterocycles. The molecule has 0 aromatic rings. The van der Waals surface area contributed by atoms with Gasteiger partial charge in [0.05, 0.1) is 0 Å². The van der Waals surface area contributed by atoms with Gasteiger partial charge in [-0.05, 0) is 11.7 Å². The lowest BCUT2D eigenvalue weighted by molar-refractivity contribution is 0.334. The minimum absolute atomic E-state index is 0.689. The van der Waals surface area contributed by atoms with Gasteiger partial charge in [-0.3, -0.25) is 5.84 Å². The molecule has 0 saturated carbocycles. The molecule has 2 N–H and O–H groups in total. The molecule has 1 atom stereocenters. The average Bonchev–Trinajstić information content (AvgIpc) is 2.09. The van der Waals surface area contributed by atoms with Gasteiger partial charge >= 0.3 is 0 Å². The first-order valence-electron chi connectivity index (χ1n) is 3.80. The molecule has 0 aromatic carbocycles. The zero-order chi connectivity index (χ0) is 6.32. The number of nitrogens with zero attached hydrogens (tertiary/aromatic N) is 1. The van der Waals surface area contributed by atoms with E-state index in [-0.39, 0.29) is 0 Å². The van der Waals surface area contributed by atoms with Crippen LogP contribution in [0.25, 0.3) is 0 Å². The largest absolute Gasteiger partial charge is 0.269 e. The fourth-order valence-electron chi connectivity index (χ4n) is 2.05. The highest BCUT2D eigenvalue weighted by atomic mass is 15.4. The zero-order valence-corrected chi connectivity index (χ0v) is 5.77. The molecule has 2 aliphatic rings. The summed E-state index contributed by atoms with van der Waals surface area (Å²) in [7, 11) is 1.43. The van der Waals surface area contributed by atoms with Crippen LogP contribution in [0.5, 0.6) is 0 Å². The van der Waals surface area contributed by atoms with Gasteiger partial charge in [0, 0.05) is 13.1 Å². The molecular weight excluding hydrogens is 111 g/mol. The van der Waals surface area contributed by atoms with Gasteiger partial charge in [0.1, 0.15) is 7.28 Å². The number of nitrogens with two attached hydrogens (primary N) is 1. The Balaban J connectivity index is 1.99. The van der Waals surface area contributed by atoms with Gasteiger partial charge in [-0.15, -0.1) is 0 Å². The normalized spacial score (nSPS) is 42.8. The van der Waals surface area contributed by atoms with Gasteiger partial charge in [-0.1, -0.05) is 12.7 Å². The Morgan fingerprint density at radius 1 is 1.44 bits per heavy atom. The first kappa shape index (κ1) is 5.75. The third kappa shape index (κ3) is 0.794. The van der Waals surface area contributed by atoms with Crippen molar-refractivity contribution in [2.24, 2.45) is 5.84 Å². The molecular formula is C6H13BN2. The Morgan fingerprint density at radius 3 is 2.44 bits per heavy atom. The summed E-state index contributed by atoms with van der Waals surface area (Å²) in [5, 5.41) is 2.66. The molecule has 2 aliphatic heterocycles. The van der Waals surface area contributed by atoms with Crippen LogP contribution in [0.15, 0.2) is 0 Å². The van der Waals surface area contributed by atoms with Crippen molar-refractivity contribution in [2.75, 3.05) is 13.1 Å². The van der Waals surface area contributed by atoms with Crippen LogP contribution in [-0.4, -0.2) is 25.4 Å². The second kappa shape index (κ2) is 1.73. The minimum Gasteiger partial charge on any atom is -0.269 e. The number of rotatable bonds is 0. The van der Waals surface area contributed by atoms with Crippen LogP contribution in [0.2, 0.25) is 11.6 Å². The summed E-state index contributed by atoms with van der Waals surface area (Å²) in [6.45, 7) is 2.28. The third-order valence-corrected chi connectivity index (χ3v) is 2.88. The molecule has 2 fully saturated rings. The molecule has 2 nitrogen and oxygen atoms in total. The fraction of sp³-hybridized carbons (Fsp3) is 1.00. The summed E-state index contributed by atoms with van der Waals surface area (Å²) in [5.74, 6) is 5.65. The molecule has 0 aromatic heterocycles. The smallest absolute Gasteiger partial charge is 0.129 e. The van der Waals surface area contributed by atoms with Crippen molar-refractivity contribution in [1.82, 2.24) is 5.01 Å². The highest BCUT2D eigenvalue weighted by Gasteiger charge is 2.42. The first-order valence-corrected chi connectivity index (χ1v) is 3.80. The molecule has 1 unspecified atom stereocenters. The molecule has 3 heteroatoms. The predicted octanol–water partition coefficient (Wildman–Crippen LogP) is -0.0170. The van der Waals surface area contributed by atoms with E-state index in [2.05, 4.69) is 0 Å². The summed E-state index contributed by atoms with van der Waals surface area (Å²) < 4.78 is 0. The summed E-state index contributed by atoms with van der Waals surface area (Å²) in [6, 6.07) is 0. The van der Waals surface area contributed by atoms with E-state index in [0.717, 1.165) is 13.1 Å². The summed E-state index contributed by atoms with van der Waals surface area (Å²) in [4.78, 5) is 0. The van der Waals surface area contributed by atoms with Gasteiger partial charge in [-0.25, -0.2) is 5.01 Å². The summed E-state index contributed by atoms with van der Waals surface area (Å²) in [5.41, 5.74) is 0. The van der Waals surface area contributed by atoms with Crippen molar-refractivity contribution in [3.8, 4) is 0 Å². The highest BCUT2D eigenvalue weighted by molar-refractivity contribution is 6.44. The lowest BCUT2D eigenvalue weighted by Crippen LogP contribution is -2.36. The summed E-state index contributed by atoms with van der Waals surface area (Å²) in [6.07, 6.45) is 4.22. The maximum atomic E-state index is 5.65. The van der Waals surface area contributed by atoms with E-state index in [9.17, 15) is 0 Å². The maximum absolute atomic E-state index is 5.65. The van der Waals surface area contributed by atoms with E-state index in [4.69, 9.17) is 5.84 Å². The molecule has 2 rings (SSSR count). The molecule has 9 heavy (non-hydrogen) atoms. The van der Waals surface area contributed by atoms with E-state index >= 15 is 0 Å². The van der Waals surface area contributed by atoms with Gasteiger partial charge in [0.15, 0.2) is 0 Å². The van der Waals surface area contributed by atoms with Crippen LogP contribution < -0.4 is 5.84 Å². The molecule has 0 bridgehead atoms. The minimum atomic E-state index is 0.689. The number of hydrogen-bond donors (Lipinski definition) is 1. The van der Waals surface area contributed by atoms with Crippen molar-refractivity contribution in [3.05, 3.63) is 0 Å². The van der Waals surface area contributed by atoms with E-state index in [0.29, 0.717) is 5.31 Å². The highest BCUT2D eigenvalue weighted by Crippen LogP contribution is 2.48. The zero-order valence-electron chi connectivity index (χ0n) is 5.77. The molecule has 0 radical (unpaired) electrons. The monoisotopic (exact) mass is 124 g/mol. The van der Waals surface area contributed by atoms with Crippen LogP contribution in [0, 0.1) is 0 Å². The van der Waals surface area contributed by atoms with Gasteiger partial charge < -0.3 is 0 Å². The van der Waals surface area contributed by atoms with Gasteiger partial charge in [-0.2, -0.15) is 0 Å². The van der Waals surface area contributed by atoms with E-state index in [1.54, 1.807) is 0 Å². The number of hydrazine groups is 1. The Labute approximate surface area is 56.6 Å². The lowest BCUT2D eigenvalue weighted by atomic mass is 9.37. The Kier molecular flexibility index (Phi) is 1.11. The third-order valence-electron chi connectivity index (χ3n) is 2.88. The predicted molar refractivity (Wildman–Crippen MR) is 39.6 cm³/mol. The first-order chi connectivity index (χ1) is 4.31. The van der Waals surface area contributed by atoms with Gasteiger partial charge in [0.2, 0.25) is 0 Å². The Morgan fingerprint density at radius 2 is 2.22 bits per heavy atom. The number of hydrogen-bond acceptors (Lipinski definition) is 2. The molecule has 0 amide bonds. The van der Waals surface area contributed by atoms with Crippen LogP contribution in [0.3, 0.4) is 0 Å². The van der Waals surface area contributed by atoms with Crippen molar-refractivity contribution < 1.29 is 0 Å². The second-order valence-corrected chi connectivity index (χ2v) is 3.57. The van der Waals surface area contributed by atoms with E-state index in [1.807, 2.05) is 5.01 Å². The van der Waals surface area contributed by atoms with E-state index < -0.39 is 0 Å². The standard InChI is InChI=1S/C6H13BN2/c8-9-4-2-6(5-9)1-3-7-6/h7H,1-5,8H2. The van der Waals surface area contributed by atoms with Crippen molar-refractivity contribution in [3.63, 3.8) is 0 Å². The topological polar surface area (TPSA) is 29.3 Å². The van der Waals surface area contributed by atoms with E-state index in [1.165, 1.54) is 26.4 Å². The lowest BCUT2D eigenvalue weighted by Gasteiger charge is -2.36. The van der Waals surface area contributed by atoms with Gasteiger partial charge in [0.25, 0.3) is 0 Å². The Hall–Kier alpha value is -0.0151. The van der Waals surface area contributed by atoms with Crippen LogP contribution in [-0.2, 0) is 0 Å². The fourth-order valence-corrected chi connectivity index (χ4v) is 2.05. The molecule has 1 spiro atoms. The average molecular weight is 124 g/mol. The Bertz CT molecular complexity index is 122. The summed E-state index contributed by atoms with van der Waals surface area (Å²) >= 11 is 0. The van der Waals surface area contributed by atoms with Crippen molar-refractivity contribution >= 4 is 7.28 Å². The van der Waals surface area contributed by atoms with Crippen molar-refractivity contribution in [1.29, 1.82) is 0 Å².